The second kappa shape index (κ2) is 5.64. The third kappa shape index (κ3) is 3.07. The van der Waals surface area contributed by atoms with Crippen molar-refractivity contribution in [2.45, 2.75) is 20.0 Å². The van der Waals surface area contributed by atoms with E-state index in [9.17, 15) is 0 Å². The molecular weight excluding hydrogens is 228 g/mol. The Morgan fingerprint density at radius 1 is 1.33 bits per heavy atom. The molecule has 18 heavy (non-hydrogen) atoms. The van der Waals surface area contributed by atoms with E-state index >= 15 is 0 Å². The Balaban J connectivity index is 2.14. The molecule has 0 saturated heterocycles. The Bertz CT molecular complexity index is 521. The molecule has 0 spiro atoms. The summed E-state index contributed by atoms with van der Waals surface area (Å²) in [6.45, 7) is 3.44. The molecule has 0 aliphatic rings. The number of nitrogens with zero attached hydrogens (tertiary/aromatic N) is 3. The lowest BCUT2D eigenvalue weighted by Gasteiger charge is -2.06. The lowest BCUT2D eigenvalue weighted by atomic mass is 10.3. The molecule has 0 saturated carbocycles. The average Bonchev–Trinajstić information content (AvgIpc) is 2.76. The topological polar surface area (TPSA) is 52.0 Å². The molecular formula is C13H18N4O. The largest absolute Gasteiger partial charge is 0.497 e. The van der Waals surface area contributed by atoms with E-state index in [0.717, 1.165) is 29.4 Å². The summed E-state index contributed by atoms with van der Waals surface area (Å²) in [5.74, 6) is 0.841. The van der Waals surface area contributed by atoms with Crippen LogP contribution < -0.4 is 10.1 Å². The predicted octanol–water partition coefficient (Wildman–Crippen LogP) is 1.36. The van der Waals surface area contributed by atoms with Crippen molar-refractivity contribution in [1.82, 2.24) is 19.9 Å². The Morgan fingerprint density at radius 2 is 2.17 bits per heavy atom. The summed E-state index contributed by atoms with van der Waals surface area (Å²) in [5.41, 5.74) is 2.96. The number of imidazole rings is 1. The van der Waals surface area contributed by atoms with Crippen LogP contribution in [0.5, 0.6) is 5.75 Å². The fourth-order valence-electron chi connectivity index (χ4n) is 1.85. The zero-order valence-electron chi connectivity index (χ0n) is 11.0. The number of aromatic nitrogens is 3. The first-order valence-electron chi connectivity index (χ1n) is 5.88. The van der Waals surface area contributed by atoms with Crippen LogP contribution >= 0.6 is 0 Å². The monoisotopic (exact) mass is 246 g/mol. The third-order valence-electron chi connectivity index (χ3n) is 2.60. The zero-order chi connectivity index (χ0) is 13.0. The Labute approximate surface area is 107 Å². The van der Waals surface area contributed by atoms with Gasteiger partial charge in [0.25, 0.3) is 0 Å². The van der Waals surface area contributed by atoms with Gasteiger partial charge in [-0.3, -0.25) is 4.98 Å². The van der Waals surface area contributed by atoms with Gasteiger partial charge in [-0.25, -0.2) is 4.98 Å². The molecule has 96 valence electrons. The Kier molecular flexibility index (Phi) is 3.94. The molecule has 0 unspecified atom stereocenters. The Hall–Kier alpha value is -1.88. The maximum Gasteiger partial charge on any atom is 0.122 e. The lowest BCUT2D eigenvalue weighted by molar-refractivity contribution is 0.413. The van der Waals surface area contributed by atoms with E-state index in [1.807, 2.05) is 43.2 Å². The Morgan fingerprint density at radius 3 is 2.89 bits per heavy atom. The molecule has 2 aromatic heterocycles. The van der Waals surface area contributed by atoms with Crippen molar-refractivity contribution in [2.24, 2.45) is 0 Å². The number of hydrogen-bond acceptors (Lipinski definition) is 4. The predicted molar refractivity (Wildman–Crippen MR) is 69.6 cm³/mol. The van der Waals surface area contributed by atoms with Gasteiger partial charge in [-0.15, -0.1) is 0 Å². The summed E-state index contributed by atoms with van der Waals surface area (Å²) < 4.78 is 7.26. The van der Waals surface area contributed by atoms with Crippen molar-refractivity contribution >= 4 is 0 Å². The van der Waals surface area contributed by atoms with Gasteiger partial charge in [0.2, 0.25) is 0 Å². The van der Waals surface area contributed by atoms with Crippen molar-refractivity contribution < 1.29 is 4.74 Å². The second-order valence-corrected chi connectivity index (χ2v) is 4.21. The van der Waals surface area contributed by atoms with Crippen molar-refractivity contribution in [2.75, 3.05) is 14.2 Å². The van der Waals surface area contributed by atoms with Gasteiger partial charge in [0.1, 0.15) is 5.75 Å². The highest BCUT2D eigenvalue weighted by Crippen LogP contribution is 2.14. The van der Waals surface area contributed by atoms with Gasteiger partial charge in [0, 0.05) is 30.6 Å². The van der Waals surface area contributed by atoms with E-state index in [4.69, 9.17) is 4.74 Å². The average molecular weight is 246 g/mol. The van der Waals surface area contributed by atoms with E-state index in [0.29, 0.717) is 6.54 Å². The molecule has 2 rings (SSSR count). The van der Waals surface area contributed by atoms with E-state index in [1.165, 1.54) is 0 Å². The van der Waals surface area contributed by atoms with Gasteiger partial charge in [-0.05, 0) is 14.0 Å². The fraction of sp³-hybridized carbons (Fsp3) is 0.385. The number of rotatable bonds is 5. The first-order valence-corrected chi connectivity index (χ1v) is 5.88. The summed E-state index contributed by atoms with van der Waals surface area (Å²) in [7, 11) is 3.58. The molecule has 0 fully saturated rings. The van der Waals surface area contributed by atoms with Crippen molar-refractivity contribution in [3.05, 3.63) is 41.7 Å². The van der Waals surface area contributed by atoms with Gasteiger partial charge in [-0.1, -0.05) is 0 Å². The summed E-state index contributed by atoms with van der Waals surface area (Å²) in [4.78, 5) is 8.80. The first-order chi connectivity index (χ1) is 8.71. The number of methoxy groups -OCH3 is 1. The molecule has 0 atom stereocenters. The van der Waals surface area contributed by atoms with Crippen LogP contribution in [0.25, 0.3) is 0 Å². The number of pyridine rings is 1. The van der Waals surface area contributed by atoms with Crippen LogP contribution in [0.1, 0.15) is 17.1 Å². The SMILES string of the molecule is CNCc1cn(Cc2cc(OC)cc(C)n2)cn1. The number of aryl methyl sites for hydroxylation is 1. The van der Waals surface area contributed by atoms with E-state index in [2.05, 4.69) is 15.3 Å². The normalized spacial score (nSPS) is 10.6. The van der Waals surface area contributed by atoms with Crippen LogP contribution in [0, 0.1) is 6.92 Å². The molecule has 0 aliphatic heterocycles. The van der Waals surface area contributed by atoms with Crippen LogP contribution in [-0.4, -0.2) is 28.7 Å². The van der Waals surface area contributed by atoms with Crippen LogP contribution in [0.4, 0.5) is 0 Å². The summed E-state index contributed by atoms with van der Waals surface area (Å²) >= 11 is 0. The zero-order valence-corrected chi connectivity index (χ0v) is 11.0. The van der Waals surface area contributed by atoms with Crippen LogP contribution in [-0.2, 0) is 13.1 Å². The van der Waals surface area contributed by atoms with Gasteiger partial charge < -0.3 is 14.6 Å². The second-order valence-electron chi connectivity index (χ2n) is 4.21. The molecule has 1 N–H and O–H groups in total. The van der Waals surface area contributed by atoms with Gasteiger partial charge >= 0.3 is 0 Å². The maximum absolute atomic E-state index is 5.24. The lowest BCUT2D eigenvalue weighted by Crippen LogP contribution is -2.05. The first kappa shape index (κ1) is 12.6. The minimum atomic E-state index is 0.703. The quantitative estimate of drug-likeness (QED) is 0.865. The van der Waals surface area contributed by atoms with E-state index in [-0.39, 0.29) is 0 Å². The van der Waals surface area contributed by atoms with Crippen molar-refractivity contribution in [3.8, 4) is 5.75 Å². The molecule has 0 radical (unpaired) electrons. The maximum atomic E-state index is 5.24. The molecule has 0 bridgehead atoms. The smallest absolute Gasteiger partial charge is 0.122 e. The summed E-state index contributed by atoms with van der Waals surface area (Å²) in [5, 5.41) is 3.08. The van der Waals surface area contributed by atoms with E-state index < -0.39 is 0 Å². The molecule has 0 aromatic carbocycles. The molecule has 5 nitrogen and oxygen atoms in total. The number of hydrogen-bond donors (Lipinski definition) is 1. The highest BCUT2D eigenvalue weighted by atomic mass is 16.5. The molecule has 2 heterocycles. The molecule has 0 aliphatic carbocycles. The van der Waals surface area contributed by atoms with Crippen molar-refractivity contribution in [1.29, 1.82) is 0 Å². The molecule has 0 amide bonds. The van der Waals surface area contributed by atoms with Crippen molar-refractivity contribution in [3.63, 3.8) is 0 Å². The highest BCUT2D eigenvalue weighted by Gasteiger charge is 2.03. The van der Waals surface area contributed by atoms with Crippen LogP contribution in [0.2, 0.25) is 0 Å². The number of nitrogens with one attached hydrogen (secondary N) is 1. The molecule has 5 heteroatoms. The van der Waals surface area contributed by atoms with Crippen LogP contribution in [0.15, 0.2) is 24.7 Å². The number of ether oxygens (including phenoxy) is 1. The minimum Gasteiger partial charge on any atom is -0.497 e. The third-order valence-corrected chi connectivity index (χ3v) is 2.60. The minimum absolute atomic E-state index is 0.703. The van der Waals surface area contributed by atoms with Crippen LogP contribution in [0.3, 0.4) is 0 Å². The van der Waals surface area contributed by atoms with Gasteiger partial charge in [0.15, 0.2) is 0 Å². The van der Waals surface area contributed by atoms with E-state index in [1.54, 1.807) is 7.11 Å². The standard InChI is InChI=1S/C13H18N4O/c1-10-4-13(18-3)5-11(16-10)7-17-8-12(6-14-2)15-9-17/h4-5,8-9,14H,6-7H2,1-3H3. The highest BCUT2D eigenvalue weighted by molar-refractivity contribution is 5.26. The summed E-state index contributed by atoms with van der Waals surface area (Å²) in [6, 6.07) is 3.87. The summed E-state index contributed by atoms with van der Waals surface area (Å²) in [6.07, 6.45) is 3.84. The fourth-order valence-corrected chi connectivity index (χ4v) is 1.85. The van der Waals surface area contributed by atoms with Gasteiger partial charge in [0.05, 0.1) is 31.4 Å². The molecule has 2 aromatic rings. The van der Waals surface area contributed by atoms with Gasteiger partial charge in [-0.2, -0.15) is 0 Å².